The first kappa shape index (κ1) is 20.6. The molecule has 0 saturated carbocycles. The quantitative estimate of drug-likeness (QED) is 0.398. The second kappa shape index (κ2) is 6.79. The van der Waals surface area contributed by atoms with Crippen LogP contribution in [0, 0.1) is 26.8 Å². The number of benzene rings is 2. The summed E-state index contributed by atoms with van der Waals surface area (Å²) >= 11 is -0.785. The Kier molecular flexibility index (Phi) is 5.38. The van der Waals surface area contributed by atoms with Gasteiger partial charge in [0.1, 0.15) is 0 Å². The van der Waals surface area contributed by atoms with Gasteiger partial charge in [-0.3, -0.25) is 0 Å². The zero-order chi connectivity index (χ0) is 19.9. The van der Waals surface area contributed by atoms with Crippen LogP contribution in [-0.2, 0) is 0 Å². The van der Waals surface area contributed by atoms with E-state index in [1.165, 1.54) is 6.92 Å². The van der Waals surface area contributed by atoms with Crippen LogP contribution in [0.15, 0.2) is 35.2 Å². The van der Waals surface area contributed by atoms with Crippen LogP contribution in [0.5, 0.6) is 0 Å². The maximum absolute atomic E-state index is 13.9. The first-order valence-electron chi connectivity index (χ1n) is 7.39. The van der Waals surface area contributed by atoms with E-state index in [-0.39, 0.29) is 10.5 Å². The molecule has 2 aromatic carbocycles. The highest BCUT2D eigenvalue weighted by Gasteiger charge is 2.73. The molecule has 26 heavy (non-hydrogen) atoms. The highest BCUT2D eigenvalue weighted by Crippen LogP contribution is 2.55. The van der Waals surface area contributed by atoms with E-state index in [0.29, 0.717) is 22.3 Å². The van der Waals surface area contributed by atoms with Crippen molar-refractivity contribution in [3.05, 3.63) is 53.1 Å². The van der Waals surface area contributed by atoms with Crippen LogP contribution in [0.3, 0.4) is 0 Å². The van der Waals surface area contributed by atoms with Crippen LogP contribution < -0.4 is 0 Å². The van der Waals surface area contributed by atoms with Gasteiger partial charge in [-0.15, -0.1) is 0 Å². The summed E-state index contributed by atoms with van der Waals surface area (Å²) in [4.78, 5) is -0.359. The molecule has 0 saturated heterocycles. The van der Waals surface area contributed by atoms with Gasteiger partial charge in [0, 0.05) is 4.90 Å². The molecule has 0 aromatic heterocycles. The molecule has 0 spiro atoms. The van der Waals surface area contributed by atoms with Gasteiger partial charge in [0.05, 0.1) is 0 Å². The van der Waals surface area contributed by atoms with Crippen molar-refractivity contribution in [2.75, 3.05) is 0 Å². The molecule has 0 amide bonds. The molecule has 0 bridgehead atoms. The van der Waals surface area contributed by atoms with E-state index in [4.69, 9.17) is 0 Å². The average molecular weight is 395 g/mol. The van der Waals surface area contributed by atoms with E-state index in [2.05, 4.69) is 6.07 Å². The van der Waals surface area contributed by atoms with Crippen molar-refractivity contribution < 1.29 is 30.7 Å². The Morgan fingerprint density at radius 3 is 2.00 bits per heavy atom. The summed E-state index contributed by atoms with van der Waals surface area (Å²) in [5.74, 6) is -6.17. The molecular weight excluding hydrogens is 381 g/mol. The summed E-state index contributed by atoms with van der Waals surface area (Å²) in [5.41, 5.74) is 2.04. The van der Waals surface area contributed by atoms with E-state index < -0.39 is 29.1 Å². The predicted octanol–water partition coefficient (Wildman–Crippen LogP) is 6.96. The molecule has 1 radical (unpaired) electrons. The molecule has 0 aliphatic heterocycles. The van der Waals surface area contributed by atoms with Crippen molar-refractivity contribution in [1.82, 2.24) is 0 Å². The Morgan fingerprint density at radius 2 is 1.46 bits per heavy atom. The molecule has 2 rings (SSSR count). The molecule has 0 heterocycles. The third-order valence-electron chi connectivity index (χ3n) is 3.73. The zero-order valence-corrected chi connectivity index (χ0v) is 14.8. The van der Waals surface area contributed by atoms with Gasteiger partial charge in [-0.2, -0.15) is 30.7 Å². The van der Waals surface area contributed by atoms with Crippen molar-refractivity contribution in [3.8, 4) is 11.1 Å². The highest BCUT2D eigenvalue weighted by atomic mass is 32.2. The van der Waals surface area contributed by atoms with Gasteiger partial charge >= 0.3 is 17.4 Å². The van der Waals surface area contributed by atoms with E-state index >= 15 is 0 Å². The van der Waals surface area contributed by atoms with Gasteiger partial charge in [0.25, 0.3) is 0 Å². The lowest BCUT2D eigenvalue weighted by molar-refractivity contribution is -0.330. The van der Waals surface area contributed by atoms with Gasteiger partial charge in [-0.1, -0.05) is 24.3 Å². The Labute approximate surface area is 150 Å². The van der Waals surface area contributed by atoms with Gasteiger partial charge in [0.2, 0.25) is 0 Å². The summed E-state index contributed by atoms with van der Waals surface area (Å²) in [7, 11) is 0. The number of rotatable bonds is 4. The van der Waals surface area contributed by atoms with Crippen molar-refractivity contribution in [2.45, 2.75) is 43.0 Å². The fourth-order valence-electron chi connectivity index (χ4n) is 2.48. The molecule has 0 atom stereocenters. The number of hydrogen-bond acceptors (Lipinski definition) is 1. The van der Waals surface area contributed by atoms with Crippen molar-refractivity contribution in [1.29, 1.82) is 0 Å². The zero-order valence-electron chi connectivity index (χ0n) is 13.9. The first-order chi connectivity index (χ1) is 11.8. The van der Waals surface area contributed by atoms with Crippen molar-refractivity contribution >= 4 is 11.8 Å². The van der Waals surface area contributed by atoms with Crippen LogP contribution in [0.25, 0.3) is 11.1 Å². The Balaban J connectivity index is 2.63. The van der Waals surface area contributed by atoms with Crippen molar-refractivity contribution in [2.24, 2.45) is 0 Å². The molecule has 0 N–H and O–H groups in total. The average Bonchev–Trinajstić information content (AvgIpc) is 2.46. The van der Waals surface area contributed by atoms with Crippen LogP contribution >= 0.6 is 11.8 Å². The first-order valence-corrected chi connectivity index (χ1v) is 8.20. The normalized spacial score (nSPS) is 13.2. The fraction of sp³-hybridized carbons (Fsp3) is 0.333. The predicted molar refractivity (Wildman–Crippen MR) is 86.7 cm³/mol. The third kappa shape index (κ3) is 3.70. The van der Waals surface area contributed by atoms with Gasteiger partial charge < -0.3 is 0 Å². The number of halogens is 7. The molecule has 0 aliphatic rings. The lowest BCUT2D eigenvalue weighted by Gasteiger charge is -2.28. The smallest absolute Gasteiger partial charge is 0.188 e. The molecule has 141 valence electrons. The Bertz CT molecular complexity index is 810. The molecule has 2 aromatic rings. The maximum Gasteiger partial charge on any atom is 0.460 e. The van der Waals surface area contributed by atoms with Gasteiger partial charge in [-0.25, -0.2) is 0 Å². The SMILES string of the molecule is Cc1[c]c(C)c(-c2ccccc2C)c(SC(F)(F)C(F)(F)C(F)(F)F)c1. The number of alkyl halides is 7. The lowest BCUT2D eigenvalue weighted by Crippen LogP contribution is -2.49. The molecule has 8 heteroatoms. The van der Waals surface area contributed by atoms with Crippen LogP contribution in [0.4, 0.5) is 30.7 Å². The Hall–Kier alpha value is -1.70. The number of aryl methyl sites for hydroxylation is 3. The monoisotopic (exact) mass is 395 g/mol. The van der Waals surface area contributed by atoms with Gasteiger partial charge in [0.15, 0.2) is 0 Å². The molecule has 0 fully saturated rings. The van der Waals surface area contributed by atoms with E-state index in [9.17, 15) is 30.7 Å². The summed E-state index contributed by atoms with van der Waals surface area (Å²) in [6.07, 6.45) is -6.36. The standard InChI is InChI=1S/C18H14F7S/c1-10-8-12(3)15(13-7-5-4-6-11(13)2)14(9-10)26-18(24,25)16(19,20)17(21,22)23/h4-7,9H,1-3H3. The molecular formula is C18H14F7S. The van der Waals surface area contributed by atoms with Crippen molar-refractivity contribution in [3.63, 3.8) is 0 Å². The summed E-state index contributed by atoms with van der Waals surface area (Å²) < 4.78 is 91.7. The minimum absolute atomic E-state index is 0.163. The van der Waals surface area contributed by atoms with Crippen LogP contribution in [0.2, 0.25) is 0 Å². The molecule has 0 unspecified atom stereocenters. The highest BCUT2D eigenvalue weighted by molar-refractivity contribution is 8.00. The topological polar surface area (TPSA) is 0 Å². The fourth-order valence-corrected chi connectivity index (χ4v) is 3.60. The summed E-state index contributed by atoms with van der Waals surface area (Å²) in [5, 5.41) is -5.37. The second-order valence-electron chi connectivity index (χ2n) is 5.82. The minimum atomic E-state index is -6.36. The number of thioether (sulfide) groups is 1. The summed E-state index contributed by atoms with van der Waals surface area (Å²) in [6.45, 7) is 4.73. The maximum atomic E-state index is 13.9. The van der Waals surface area contributed by atoms with E-state index in [1.54, 1.807) is 38.1 Å². The van der Waals surface area contributed by atoms with E-state index in [1.807, 2.05) is 0 Å². The van der Waals surface area contributed by atoms with E-state index in [0.717, 1.165) is 6.07 Å². The summed E-state index contributed by atoms with van der Waals surface area (Å²) in [6, 6.07) is 10.6. The lowest BCUT2D eigenvalue weighted by atomic mass is 9.95. The molecule has 0 aliphatic carbocycles. The molecule has 0 nitrogen and oxygen atoms in total. The largest absolute Gasteiger partial charge is 0.460 e. The number of hydrogen-bond donors (Lipinski definition) is 0. The minimum Gasteiger partial charge on any atom is -0.188 e. The second-order valence-corrected chi connectivity index (χ2v) is 6.98. The van der Waals surface area contributed by atoms with Crippen LogP contribution in [0.1, 0.15) is 16.7 Å². The Morgan fingerprint density at radius 1 is 0.885 bits per heavy atom. The van der Waals surface area contributed by atoms with Gasteiger partial charge in [-0.05, 0) is 72.5 Å². The third-order valence-corrected chi connectivity index (χ3v) is 4.78. The van der Waals surface area contributed by atoms with Crippen LogP contribution in [-0.4, -0.2) is 17.4 Å².